The molecular weight excluding hydrogens is 825 g/mol. The molecule has 2 fully saturated rings. The minimum absolute atomic E-state index is 0.0597. The molecule has 4 N–H and O–H groups in total. The Balaban J connectivity index is 0.000000668. The van der Waals surface area contributed by atoms with Crippen LogP contribution in [0, 0.1) is 0 Å². The Hall–Kier alpha value is -5.77. The second kappa shape index (κ2) is 28.1. The number of hydrogen-bond acceptors (Lipinski definition) is 11. The van der Waals surface area contributed by atoms with Crippen molar-refractivity contribution in [3.63, 3.8) is 0 Å². The van der Waals surface area contributed by atoms with Gasteiger partial charge in [-0.2, -0.15) is 0 Å². The molecule has 16 heteroatoms. The molecule has 0 aromatic heterocycles. The van der Waals surface area contributed by atoms with Gasteiger partial charge in [-0.15, -0.1) is 0 Å². The summed E-state index contributed by atoms with van der Waals surface area (Å²) < 4.78 is 10.7. The van der Waals surface area contributed by atoms with Gasteiger partial charge in [0.25, 0.3) is 23.6 Å². The van der Waals surface area contributed by atoms with Crippen LogP contribution in [0.5, 0.6) is 0 Å². The second-order valence-corrected chi connectivity index (χ2v) is 16.8. The smallest absolute Gasteiger partial charge is 0.305 e. The molecule has 0 bridgehead atoms. The Labute approximate surface area is 377 Å². The van der Waals surface area contributed by atoms with E-state index in [1.54, 1.807) is 72.2 Å². The van der Waals surface area contributed by atoms with Gasteiger partial charge in [-0.3, -0.25) is 33.6 Å². The third-order valence-electron chi connectivity index (χ3n) is 10.7. The van der Waals surface area contributed by atoms with Crippen molar-refractivity contribution in [3.8, 4) is 0 Å². The predicted molar refractivity (Wildman–Crippen MR) is 239 cm³/mol. The summed E-state index contributed by atoms with van der Waals surface area (Å²) in [6, 6.07) is 12.9. The van der Waals surface area contributed by atoms with Gasteiger partial charge in [-0.1, -0.05) is 63.7 Å². The van der Waals surface area contributed by atoms with Gasteiger partial charge < -0.3 is 39.9 Å². The Kier molecular flexibility index (Phi) is 23.1. The average molecular weight is 893 g/mol. The molecule has 0 spiro atoms. The molecule has 64 heavy (non-hydrogen) atoms. The zero-order chi connectivity index (χ0) is 47.0. The van der Waals surface area contributed by atoms with Crippen LogP contribution in [0.25, 0.3) is 0 Å². The number of ether oxygens (including phenoxy) is 2. The number of carboxylic acid groups (broad SMARTS) is 1. The number of hydrogen-bond donors (Lipinski definition) is 4. The number of allylic oxidation sites excluding steroid dienone is 1. The van der Waals surface area contributed by atoms with Crippen molar-refractivity contribution in [2.75, 3.05) is 26.3 Å². The number of amides is 4. The van der Waals surface area contributed by atoms with Crippen molar-refractivity contribution < 1.29 is 58.3 Å². The minimum atomic E-state index is -0.730. The summed E-state index contributed by atoms with van der Waals surface area (Å²) >= 11 is 0. The van der Waals surface area contributed by atoms with Crippen molar-refractivity contribution in [2.24, 2.45) is 0 Å². The molecule has 16 nitrogen and oxygen atoms in total. The molecule has 2 saturated heterocycles. The quantitative estimate of drug-likeness (QED) is 0.0165. The van der Waals surface area contributed by atoms with Crippen LogP contribution in [0.3, 0.4) is 0 Å². The van der Waals surface area contributed by atoms with Crippen molar-refractivity contribution in [1.29, 1.82) is 0 Å². The second-order valence-electron chi connectivity index (χ2n) is 16.8. The maximum absolute atomic E-state index is 12.6. The molecule has 2 aromatic carbocycles. The lowest BCUT2D eigenvalue weighted by Gasteiger charge is -2.15. The summed E-state index contributed by atoms with van der Waals surface area (Å²) in [6.45, 7) is 12.5. The Morgan fingerprint density at radius 1 is 0.609 bits per heavy atom. The standard InChI is InChI=1S/C38H50N4O8.C10H18O4/c1-25(39-35(45)29-13-11-15-31(19-29)37(47)41-21-27(41)3)23-49-33(43)17-9-7-5-6-8-10-18-34(44)50-24-26(2)40-36(46)30-14-12-16-32(20-30)38(48)42-22-28(42)4;1-9(14-13)7-5-3-2-4-6-8-10(11)12/h11-16,19-20,25-28H,5-10,17-18,21-24H2,1-4H3,(H,39,45)(H,40,46);13H,1-8H2,(H,11,12). The van der Waals surface area contributed by atoms with E-state index in [2.05, 4.69) is 22.1 Å². The fourth-order valence-corrected chi connectivity index (χ4v) is 6.66. The van der Waals surface area contributed by atoms with Crippen molar-refractivity contribution in [3.05, 3.63) is 83.1 Å². The van der Waals surface area contributed by atoms with Gasteiger partial charge in [0, 0.05) is 73.1 Å². The molecule has 352 valence electrons. The number of rotatable bonds is 28. The highest BCUT2D eigenvalue weighted by Gasteiger charge is 2.35. The van der Waals surface area contributed by atoms with Crippen molar-refractivity contribution in [2.45, 2.75) is 148 Å². The molecule has 2 aliphatic heterocycles. The van der Waals surface area contributed by atoms with Gasteiger partial charge in [0.15, 0.2) is 0 Å². The molecule has 4 amide bonds. The van der Waals surface area contributed by atoms with Crippen LogP contribution in [0.2, 0.25) is 0 Å². The van der Waals surface area contributed by atoms with Gasteiger partial charge in [-0.05, 0) is 89.8 Å². The highest BCUT2D eigenvalue weighted by molar-refractivity contribution is 6.01. The van der Waals surface area contributed by atoms with Gasteiger partial charge in [0.1, 0.15) is 19.0 Å². The largest absolute Gasteiger partial charge is 0.481 e. The van der Waals surface area contributed by atoms with Crippen molar-refractivity contribution >= 4 is 41.5 Å². The van der Waals surface area contributed by atoms with Gasteiger partial charge in [0.2, 0.25) is 0 Å². The molecule has 2 heterocycles. The summed E-state index contributed by atoms with van der Waals surface area (Å²) in [7, 11) is 0. The summed E-state index contributed by atoms with van der Waals surface area (Å²) in [5, 5.41) is 22.2. The van der Waals surface area contributed by atoms with Crippen LogP contribution >= 0.6 is 0 Å². The lowest BCUT2D eigenvalue weighted by atomic mass is 10.1. The number of carboxylic acids is 1. The Morgan fingerprint density at radius 3 is 1.31 bits per heavy atom. The maximum Gasteiger partial charge on any atom is 0.305 e. The van der Waals surface area contributed by atoms with Gasteiger partial charge in [-0.25, -0.2) is 5.26 Å². The highest BCUT2D eigenvalue weighted by atomic mass is 17.1. The molecule has 4 rings (SSSR count). The van der Waals surface area contributed by atoms with Crippen LogP contribution in [0.15, 0.2) is 60.9 Å². The first-order valence-corrected chi connectivity index (χ1v) is 22.6. The predicted octanol–water partition coefficient (Wildman–Crippen LogP) is 7.32. The van der Waals surface area contributed by atoms with Gasteiger partial charge in [0.05, 0.1) is 12.1 Å². The number of esters is 2. The topological polar surface area (TPSA) is 218 Å². The molecule has 4 atom stereocenters. The molecular formula is C48H68N4O12. The highest BCUT2D eigenvalue weighted by Crippen LogP contribution is 2.22. The number of carbonyl (C=O) groups is 7. The van der Waals surface area contributed by atoms with E-state index >= 15 is 0 Å². The fourth-order valence-electron chi connectivity index (χ4n) is 6.66. The van der Waals surface area contributed by atoms with Crippen LogP contribution < -0.4 is 10.6 Å². The monoisotopic (exact) mass is 892 g/mol. The normalized spacial score (nSPS) is 15.6. The first-order chi connectivity index (χ1) is 30.6. The van der Waals surface area contributed by atoms with Crippen LogP contribution in [0.1, 0.15) is 165 Å². The zero-order valence-electron chi connectivity index (χ0n) is 37.9. The first kappa shape index (κ1) is 52.6. The SMILES string of the molecule is C=C(CCCCCCCC(=O)O)OO.CC(COC(=O)CCCCCCCCC(=O)OCC(C)NC(=O)c1cccc(C(=O)N2CC2C)c1)NC(=O)c1cccc(C(=O)N2CC2C)c1. The van der Waals surface area contributed by atoms with E-state index in [4.69, 9.17) is 19.8 Å². The fraction of sp³-hybridized carbons (Fsp3) is 0.562. The lowest BCUT2D eigenvalue weighted by molar-refractivity contribution is -0.205. The van der Waals surface area contributed by atoms with E-state index < -0.39 is 5.97 Å². The van der Waals surface area contributed by atoms with E-state index in [1.807, 2.05) is 13.8 Å². The molecule has 4 unspecified atom stereocenters. The first-order valence-electron chi connectivity index (χ1n) is 22.6. The zero-order valence-corrected chi connectivity index (χ0v) is 37.9. The molecule has 2 aromatic rings. The van der Waals surface area contributed by atoms with Crippen LogP contribution in [0.4, 0.5) is 0 Å². The van der Waals surface area contributed by atoms with E-state index in [-0.39, 0.29) is 79.4 Å². The third-order valence-corrected chi connectivity index (χ3v) is 10.7. The van der Waals surface area contributed by atoms with Gasteiger partial charge >= 0.3 is 17.9 Å². The molecule has 2 aliphatic rings. The molecule has 0 saturated carbocycles. The van der Waals surface area contributed by atoms with E-state index in [9.17, 15) is 33.6 Å². The Bertz CT molecular complexity index is 1770. The number of carbonyl (C=O) groups excluding carboxylic acids is 6. The minimum Gasteiger partial charge on any atom is -0.481 e. The summed E-state index contributed by atoms with van der Waals surface area (Å²) in [5.74, 6) is -1.81. The number of benzene rings is 2. The summed E-state index contributed by atoms with van der Waals surface area (Å²) in [5.41, 5.74) is 1.71. The Morgan fingerprint density at radius 2 is 0.953 bits per heavy atom. The number of nitrogens with zero attached hydrogens (tertiary/aromatic N) is 2. The molecule has 0 radical (unpaired) electrons. The third kappa shape index (κ3) is 20.6. The average Bonchev–Trinajstić information content (AvgIpc) is 4.21. The number of unbranched alkanes of at least 4 members (excludes halogenated alkanes) is 9. The molecule has 0 aliphatic carbocycles. The maximum atomic E-state index is 12.6. The van der Waals surface area contributed by atoms with E-state index in [1.165, 1.54) is 0 Å². The van der Waals surface area contributed by atoms with E-state index in [0.717, 1.165) is 70.9 Å². The van der Waals surface area contributed by atoms with Crippen LogP contribution in [-0.2, 0) is 28.7 Å². The number of aliphatic carboxylic acids is 1. The van der Waals surface area contributed by atoms with E-state index in [0.29, 0.717) is 60.1 Å². The number of nitrogens with one attached hydrogen (secondary N) is 2. The van der Waals surface area contributed by atoms with Crippen molar-refractivity contribution in [1.82, 2.24) is 20.4 Å². The summed E-state index contributed by atoms with van der Waals surface area (Å²) in [6.07, 6.45) is 11.1. The van der Waals surface area contributed by atoms with Crippen LogP contribution in [-0.4, -0.2) is 112 Å². The summed E-state index contributed by atoms with van der Waals surface area (Å²) in [4.78, 5) is 92.1. The lowest BCUT2D eigenvalue weighted by Crippen LogP contribution is -2.36.